The highest BCUT2D eigenvalue weighted by Gasteiger charge is 2.46. The molecule has 0 spiro atoms. The van der Waals surface area contributed by atoms with Gasteiger partial charge in [0.05, 0.1) is 11.1 Å². The van der Waals surface area contributed by atoms with Gasteiger partial charge in [-0.2, -0.15) is 0 Å². The van der Waals surface area contributed by atoms with E-state index in [1.54, 1.807) is 0 Å². The van der Waals surface area contributed by atoms with Gasteiger partial charge in [-0.25, -0.2) is 0 Å². The summed E-state index contributed by atoms with van der Waals surface area (Å²) in [6.07, 6.45) is 2.08. The minimum Gasteiger partial charge on any atom is -0.454 e. The van der Waals surface area contributed by atoms with Crippen molar-refractivity contribution in [2.24, 2.45) is 0 Å². The molecule has 0 bridgehead atoms. The molecule has 2 aliphatic carbocycles. The van der Waals surface area contributed by atoms with Gasteiger partial charge < -0.3 is 9.32 Å². The fraction of sp³-hybridized carbons (Fsp3) is 0.0645. The second-order valence-electron chi connectivity index (χ2n) is 17.5. The molecule has 0 radical (unpaired) electrons. The zero-order chi connectivity index (χ0) is 42.2. The fourth-order valence-electron chi connectivity index (χ4n) is 11.4. The number of nitrogens with zero attached hydrogens (tertiary/aromatic N) is 1. The van der Waals surface area contributed by atoms with E-state index in [0.29, 0.717) is 5.92 Å². The van der Waals surface area contributed by atoms with Gasteiger partial charge in [0.25, 0.3) is 0 Å². The number of hydrogen-bond donors (Lipinski definition) is 0. The Balaban J connectivity index is 1.04. The van der Waals surface area contributed by atoms with Gasteiger partial charge in [0.1, 0.15) is 5.58 Å². The zero-order valence-corrected chi connectivity index (χ0v) is 35.3. The van der Waals surface area contributed by atoms with Crippen molar-refractivity contribution in [2.45, 2.75) is 24.2 Å². The SMILES string of the molecule is c1ccc(-c2ccc(N(c3cccc(C4(c5ccccc5)c5ccccc5-c5ccccc54)c3)c3cccc4c3oc3cc(C5Cc6ccccc6C5)c5ccccc5c34)cc2)cc1. The second kappa shape index (κ2) is 14.6. The third-order valence-corrected chi connectivity index (χ3v) is 14.2. The van der Waals surface area contributed by atoms with Crippen LogP contribution in [0.4, 0.5) is 17.1 Å². The number of anilines is 3. The first-order valence-electron chi connectivity index (χ1n) is 22.5. The maximum absolute atomic E-state index is 7.26. The van der Waals surface area contributed by atoms with Crippen LogP contribution in [-0.4, -0.2) is 0 Å². The monoisotopic (exact) mass is 817 g/mol. The van der Waals surface area contributed by atoms with Crippen LogP contribution in [0.3, 0.4) is 0 Å². The highest BCUT2D eigenvalue weighted by Crippen LogP contribution is 2.57. The standard InChI is InChI=1S/C62H43NO/c1-3-17-41(18-4-1)42-33-35-48(36-34-42)63(49-24-15-23-47(39-49)62(46-21-5-2-6-22-46)56-30-13-11-26-51(56)52-27-12-14-31-57(52)62)58-32-16-29-54-60-53-28-10-9-25-50(53)55(40-59(60)64-61(54)58)45-37-43-19-7-8-20-44(43)38-45/h1-36,39-40,45H,37-38H2. The summed E-state index contributed by atoms with van der Waals surface area (Å²) in [5.41, 5.74) is 18.6. The van der Waals surface area contributed by atoms with Crippen molar-refractivity contribution in [3.8, 4) is 22.3 Å². The van der Waals surface area contributed by atoms with E-state index in [4.69, 9.17) is 4.42 Å². The normalized spacial score (nSPS) is 13.9. The molecule has 0 amide bonds. The largest absolute Gasteiger partial charge is 0.454 e. The minimum atomic E-state index is -0.534. The van der Waals surface area contributed by atoms with E-state index < -0.39 is 5.41 Å². The maximum atomic E-state index is 7.26. The molecule has 13 rings (SSSR count). The summed E-state index contributed by atoms with van der Waals surface area (Å²) < 4.78 is 7.26. The van der Waals surface area contributed by atoms with Gasteiger partial charge in [-0.3, -0.25) is 0 Å². The van der Waals surface area contributed by atoms with E-state index in [2.05, 4.69) is 235 Å². The van der Waals surface area contributed by atoms with Gasteiger partial charge in [0.15, 0.2) is 5.58 Å². The lowest BCUT2D eigenvalue weighted by atomic mass is 9.67. The van der Waals surface area contributed by atoms with Crippen molar-refractivity contribution in [1.29, 1.82) is 0 Å². The van der Waals surface area contributed by atoms with Crippen molar-refractivity contribution < 1.29 is 4.42 Å². The van der Waals surface area contributed by atoms with E-state index in [1.165, 1.54) is 77.4 Å². The molecule has 0 saturated heterocycles. The van der Waals surface area contributed by atoms with Crippen LogP contribution in [0.5, 0.6) is 0 Å². The smallest absolute Gasteiger partial charge is 0.159 e. The van der Waals surface area contributed by atoms with Crippen LogP contribution in [0.25, 0.3) is 55.0 Å². The lowest BCUT2D eigenvalue weighted by molar-refractivity contribution is 0.666. The summed E-state index contributed by atoms with van der Waals surface area (Å²) in [6.45, 7) is 0. The maximum Gasteiger partial charge on any atom is 0.159 e. The average Bonchev–Trinajstić information content (AvgIpc) is 4.06. The molecule has 0 fully saturated rings. The van der Waals surface area contributed by atoms with Crippen molar-refractivity contribution >= 4 is 49.8 Å². The summed E-state index contributed by atoms with van der Waals surface area (Å²) >= 11 is 0. The highest BCUT2D eigenvalue weighted by molar-refractivity contribution is 6.21. The van der Waals surface area contributed by atoms with Gasteiger partial charge in [-0.05, 0) is 127 Å². The van der Waals surface area contributed by atoms with Crippen LogP contribution in [-0.2, 0) is 18.3 Å². The molecule has 0 unspecified atom stereocenters. The first-order valence-corrected chi connectivity index (χ1v) is 22.5. The average molecular weight is 818 g/mol. The molecule has 0 atom stereocenters. The molecule has 0 aliphatic heterocycles. The molecule has 2 nitrogen and oxygen atoms in total. The van der Waals surface area contributed by atoms with Crippen LogP contribution in [0.2, 0.25) is 0 Å². The zero-order valence-electron chi connectivity index (χ0n) is 35.3. The van der Waals surface area contributed by atoms with E-state index in [9.17, 15) is 0 Å². The van der Waals surface area contributed by atoms with E-state index in [1.807, 2.05) is 0 Å². The molecule has 10 aromatic carbocycles. The summed E-state index contributed by atoms with van der Waals surface area (Å²) in [4.78, 5) is 2.41. The van der Waals surface area contributed by atoms with Crippen molar-refractivity contribution in [3.63, 3.8) is 0 Å². The van der Waals surface area contributed by atoms with E-state index >= 15 is 0 Å². The summed E-state index contributed by atoms with van der Waals surface area (Å²) in [5, 5.41) is 4.84. The Kier molecular flexibility index (Phi) is 8.36. The van der Waals surface area contributed by atoms with Gasteiger partial charge in [0, 0.05) is 22.1 Å². The summed E-state index contributed by atoms with van der Waals surface area (Å²) in [5.74, 6) is 0.393. The van der Waals surface area contributed by atoms with Crippen molar-refractivity contribution in [2.75, 3.05) is 4.90 Å². The van der Waals surface area contributed by atoms with Crippen LogP contribution in [0.15, 0.2) is 235 Å². The Morgan fingerprint density at radius 3 is 1.70 bits per heavy atom. The molecule has 11 aromatic rings. The number of rotatable bonds is 7. The second-order valence-corrected chi connectivity index (χ2v) is 17.5. The third-order valence-electron chi connectivity index (χ3n) is 14.2. The Morgan fingerprint density at radius 1 is 0.422 bits per heavy atom. The van der Waals surface area contributed by atoms with E-state index in [-0.39, 0.29) is 0 Å². The molecule has 302 valence electrons. The highest BCUT2D eigenvalue weighted by atomic mass is 16.3. The molecule has 2 heteroatoms. The number of fused-ring (bicyclic) bond motifs is 9. The Hall–Kier alpha value is -7.94. The van der Waals surface area contributed by atoms with Crippen molar-refractivity contribution in [3.05, 3.63) is 269 Å². The van der Waals surface area contributed by atoms with Crippen LogP contribution < -0.4 is 4.90 Å². The molecule has 0 N–H and O–H groups in total. The van der Waals surface area contributed by atoms with E-state index in [0.717, 1.165) is 46.5 Å². The Labute approximate surface area is 373 Å². The Morgan fingerprint density at radius 2 is 0.984 bits per heavy atom. The van der Waals surface area contributed by atoms with Gasteiger partial charge >= 0.3 is 0 Å². The minimum absolute atomic E-state index is 0.393. The predicted molar refractivity (Wildman–Crippen MR) is 265 cm³/mol. The number of benzene rings is 10. The molecule has 1 heterocycles. The van der Waals surface area contributed by atoms with Gasteiger partial charge in [0.2, 0.25) is 0 Å². The predicted octanol–water partition coefficient (Wildman–Crippen LogP) is 16.1. The topological polar surface area (TPSA) is 16.4 Å². The molecular weight excluding hydrogens is 775 g/mol. The lowest BCUT2D eigenvalue weighted by Crippen LogP contribution is -2.28. The first kappa shape index (κ1) is 36.7. The quantitative estimate of drug-likeness (QED) is 0.159. The van der Waals surface area contributed by atoms with Crippen LogP contribution in [0, 0.1) is 0 Å². The lowest BCUT2D eigenvalue weighted by Gasteiger charge is -2.35. The molecule has 1 aromatic heterocycles. The number of hydrogen-bond acceptors (Lipinski definition) is 2. The van der Waals surface area contributed by atoms with Crippen LogP contribution >= 0.6 is 0 Å². The number of para-hydroxylation sites is 1. The molecule has 2 aliphatic rings. The Bertz CT molecular complexity index is 3490. The molecule has 64 heavy (non-hydrogen) atoms. The molecule has 0 saturated carbocycles. The number of furan rings is 1. The summed E-state index contributed by atoms with van der Waals surface area (Å²) in [7, 11) is 0. The van der Waals surface area contributed by atoms with Gasteiger partial charge in [-0.15, -0.1) is 0 Å². The first-order chi connectivity index (χ1) is 31.7. The van der Waals surface area contributed by atoms with Gasteiger partial charge in [-0.1, -0.05) is 194 Å². The van der Waals surface area contributed by atoms with Crippen molar-refractivity contribution in [1.82, 2.24) is 0 Å². The fourth-order valence-corrected chi connectivity index (χ4v) is 11.4. The van der Waals surface area contributed by atoms with Crippen LogP contribution in [0.1, 0.15) is 44.9 Å². The third kappa shape index (κ3) is 5.52. The molecular formula is C62H43NO. The summed E-state index contributed by atoms with van der Waals surface area (Å²) in [6, 6.07) is 84.8.